The molecule has 1 atom stereocenters. The molecule has 0 unspecified atom stereocenters. The van der Waals surface area contributed by atoms with Crippen LogP contribution in [0.1, 0.15) is 24.5 Å². The van der Waals surface area contributed by atoms with Crippen molar-refractivity contribution in [2.45, 2.75) is 32.4 Å². The van der Waals surface area contributed by atoms with Crippen molar-refractivity contribution in [3.05, 3.63) is 66.2 Å². The second kappa shape index (κ2) is 7.66. The maximum atomic E-state index is 4.61. The monoisotopic (exact) mass is 348 g/mol. The summed E-state index contributed by atoms with van der Waals surface area (Å²) in [5, 5.41) is 7.67. The number of nitrogens with one attached hydrogen (secondary N) is 1. The van der Waals surface area contributed by atoms with Crippen LogP contribution in [0.3, 0.4) is 0 Å². The van der Waals surface area contributed by atoms with Gasteiger partial charge < -0.3 is 5.32 Å². The molecule has 1 aliphatic heterocycles. The Balaban J connectivity index is 1.41. The largest absolute Gasteiger partial charge is 0.367 e. The highest BCUT2D eigenvalue weighted by atomic mass is 15.3. The summed E-state index contributed by atoms with van der Waals surface area (Å²) in [6, 6.07) is 11.1. The van der Waals surface area contributed by atoms with Crippen LogP contribution in [0.4, 0.5) is 5.82 Å². The molecule has 0 fully saturated rings. The van der Waals surface area contributed by atoms with Crippen molar-refractivity contribution in [3.63, 3.8) is 0 Å². The van der Waals surface area contributed by atoms with Gasteiger partial charge in [0, 0.05) is 38.1 Å². The Morgan fingerprint density at radius 2 is 2.04 bits per heavy atom. The van der Waals surface area contributed by atoms with Crippen LogP contribution in [0.5, 0.6) is 0 Å². The molecule has 2 aromatic heterocycles. The zero-order valence-electron chi connectivity index (χ0n) is 15.0. The SMILES string of the molecule is CC[C@H](CNc1cncc(-n2cccn2)n1)N1CCc2ccccc2C1. The Labute approximate surface area is 153 Å². The van der Waals surface area contributed by atoms with Crippen molar-refractivity contribution in [3.8, 4) is 5.82 Å². The Bertz CT molecular complexity index is 845. The molecule has 3 heterocycles. The van der Waals surface area contributed by atoms with Crippen molar-refractivity contribution < 1.29 is 0 Å². The standard InChI is InChI=1S/C20H24N6/c1-2-18(25-11-8-16-6-3-4-7-17(16)15-25)12-22-19-13-21-14-20(24-19)26-10-5-9-23-26/h3-7,9-10,13-14,18H,2,8,11-12,15H2,1H3,(H,22,24)/t18-/m1/s1. The normalized spacial score (nSPS) is 15.4. The third kappa shape index (κ3) is 3.60. The van der Waals surface area contributed by atoms with Gasteiger partial charge in [0.25, 0.3) is 0 Å². The first kappa shape index (κ1) is 16.7. The summed E-state index contributed by atoms with van der Waals surface area (Å²) in [6.07, 6.45) is 9.32. The topological polar surface area (TPSA) is 58.9 Å². The van der Waals surface area contributed by atoms with Crippen molar-refractivity contribution >= 4 is 5.82 Å². The molecular formula is C20H24N6. The number of anilines is 1. The van der Waals surface area contributed by atoms with Crippen LogP contribution in [0, 0.1) is 0 Å². The number of benzene rings is 1. The van der Waals surface area contributed by atoms with Gasteiger partial charge in [-0.05, 0) is 30.0 Å². The highest BCUT2D eigenvalue weighted by Gasteiger charge is 2.22. The smallest absolute Gasteiger partial charge is 0.173 e. The number of rotatable bonds is 6. The first-order valence-corrected chi connectivity index (χ1v) is 9.20. The Morgan fingerprint density at radius 3 is 2.85 bits per heavy atom. The van der Waals surface area contributed by atoms with E-state index < -0.39 is 0 Å². The number of hydrogen-bond acceptors (Lipinski definition) is 5. The summed E-state index contributed by atoms with van der Waals surface area (Å²) in [7, 11) is 0. The number of aromatic nitrogens is 4. The zero-order valence-corrected chi connectivity index (χ0v) is 15.0. The number of nitrogens with zero attached hydrogens (tertiary/aromatic N) is 5. The summed E-state index contributed by atoms with van der Waals surface area (Å²) in [5.41, 5.74) is 2.95. The van der Waals surface area contributed by atoms with E-state index in [4.69, 9.17) is 0 Å². The maximum Gasteiger partial charge on any atom is 0.173 e. The van der Waals surface area contributed by atoms with Gasteiger partial charge in [0.05, 0.1) is 12.4 Å². The van der Waals surface area contributed by atoms with E-state index in [1.165, 1.54) is 11.1 Å². The minimum atomic E-state index is 0.471. The third-order valence-electron chi connectivity index (χ3n) is 5.03. The van der Waals surface area contributed by atoms with Crippen LogP contribution >= 0.6 is 0 Å². The van der Waals surface area contributed by atoms with E-state index in [-0.39, 0.29) is 0 Å². The van der Waals surface area contributed by atoms with Crippen LogP contribution in [0.15, 0.2) is 55.1 Å². The van der Waals surface area contributed by atoms with Gasteiger partial charge in [-0.15, -0.1) is 0 Å². The van der Waals surface area contributed by atoms with Crippen molar-refractivity contribution in [1.82, 2.24) is 24.6 Å². The van der Waals surface area contributed by atoms with Crippen LogP contribution in [0.25, 0.3) is 5.82 Å². The average Bonchev–Trinajstić information content (AvgIpc) is 3.23. The average molecular weight is 348 g/mol. The summed E-state index contributed by atoms with van der Waals surface area (Å²) in [5.74, 6) is 1.51. The first-order valence-electron chi connectivity index (χ1n) is 9.20. The van der Waals surface area contributed by atoms with Gasteiger partial charge in [-0.25, -0.2) is 9.67 Å². The fourth-order valence-electron chi connectivity index (χ4n) is 3.54. The van der Waals surface area contributed by atoms with Crippen LogP contribution in [-0.4, -0.2) is 43.8 Å². The van der Waals surface area contributed by atoms with E-state index in [2.05, 4.69) is 56.5 Å². The van der Waals surface area contributed by atoms with Crippen LogP contribution in [-0.2, 0) is 13.0 Å². The van der Waals surface area contributed by atoms with Gasteiger partial charge in [0.2, 0.25) is 0 Å². The van der Waals surface area contributed by atoms with E-state index in [0.29, 0.717) is 6.04 Å². The zero-order chi connectivity index (χ0) is 17.8. The minimum Gasteiger partial charge on any atom is -0.367 e. The Kier molecular flexibility index (Phi) is 4.93. The number of hydrogen-bond donors (Lipinski definition) is 1. The molecule has 0 amide bonds. The predicted molar refractivity (Wildman–Crippen MR) is 102 cm³/mol. The molecule has 4 rings (SSSR count). The summed E-state index contributed by atoms with van der Waals surface area (Å²) >= 11 is 0. The first-order chi connectivity index (χ1) is 12.8. The Hall–Kier alpha value is -2.73. The fourth-order valence-corrected chi connectivity index (χ4v) is 3.54. The molecule has 0 radical (unpaired) electrons. The van der Waals surface area contributed by atoms with Gasteiger partial charge in [0.1, 0.15) is 5.82 Å². The number of fused-ring (bicyclic) bond motifs is 1. The molecule has 0 saturated heterocycles. The van der Waals surface area contributed by atoms with E-state index in [1.807, 2.05) is 12.3 Å². The highest BCUT2D eigenvalue weighted by molar-refractivity contribution is 5.36. The molecule has 1 aromatic carbocycles. The predicted octanol–water partition coefficient (Wildman–Crippen LogP) is 2.91. The molecule has 1 aliphatic rings. The molecule has 3 aromatic rings. The third-order valence-corrected chi connectivity index (χ3v) is 5.03. The lowest BCUT2D eigenvalue weighted by Gasteiger charge is -2.35. The molecular weight excluding hydrogens is 324 g/mol. The lowest BCUT2D eigenvalue weighted by Crippen LogP contribution is -2.42. The van der Waals surface area contributed by atoms with E-state index >= 15 is 0 Å². The minimum absolute atomic E-state index is 0.471. The van der Waals surface area contributed by atoms with Crippen molar-refractivity contribution in [1.29, 1.82) is 0 Å². The van der Waals surface area contributed by atoms with Crippen LogP contribution < -0.4 is 5.32 Å². The second-order valence-corrected chi connectivity index (χ2v) is 6.65. The summed E-state index contributed by atoms with van der Waals surface area (Å²) < 4.78 is 1.72. The van der Waals surface area contributed by atoms with Crippen LogP contribution in [0.2, 0.25) is 0 Å². The maximum absolute atomic E-state index is 4.61. The van der Waals surface area contributed by atoms with Gasteiger partial charge in [-0.3, -0.25) is 9.88 Å². The van der Waals surface area contributed by atoms with E-state index in [1.54, 1.807) is 23.3 Å². The molecule has 134 valence electrons. The summed E-state index contributed by atoms with van der Waals surface area (Å²) in [4.78, 5) is 11.5. The summed E-state index contributed by atoms with van der Waals surface area (Å²) in [6.45, 7) is 5.24. The molecule has 0 spiro atoms. The fraction of sp³-hybridized carbons (Fsp3) is 0.350. The van der Waals surface area contributed by atoms with Gasteiger partial charge in [-0.1, -0.05) is 31.2 Å². The molecule has 0 bridgehead atoms. The van der Waals surface area contributed by atoms with Crippen molar-refractivity contribution in [2.75, 3.05) is 18.4 Å². The lowest BCUT2D eigenvalue weighted by molar-refractivity contribution is 0.181. The highest BCUT2D eigenvalue weighted by Crippen LogP contribution is 2.21. The second-order valence-electron chi connectivity index (χ2n) is 6.65. The van der Waals surface area contributed by atoms with E-state index in [0.717, 1.165) is 44.1 Å². The molecule has 0 saturated carbocycles. The molecule has 6 nitrogen and oxygen atoms in total. The van der Waals surface area contributed by atoms with Gasteiger partial charge in [-0.2, -0.15) is 5.10 Å². The van der Waals surface area contributed by atoms with Gasteiger partial charge >= 0.3 is 0 Å². The molecule has 6 heteroatoms. The molecule has 1 N–H and O–H groups in total. The quantitative estimate of drug-likeness (QED) is 0.742. The lowest BCUT2D eigenvalue weighted by atomic mass is 9.98. The van der Waals surface area contributed by atoms with Crippen molar-refractivity contribution in [2.24, 2.45) is 0 Å². The van der Waals surface area contributed by atoms with E-state index in [9.17, 15) is 0 Å². The molecule has 0 aliphatic carbocycles. The molecule has 26 heavy (non-hydrogen) atoms. The Morgan fingerprint density at radius 1 is 1.15 bits per heavy atom. The van der Waals surface area contributed by atoms with Gasteiger partial charge in [0.15, 0.2) is 5.82 Å².